The van der Waals surface area contributed by atoms with Crippen LogP contribution in [0, 0.1) is 6.92 Å². The standard InChI is InChI=1S/C16H12F3N7OS/c1-3-5-25-13(10-4-6-27-9(10)2)23-24-15(25)28-12-7-11(16(17,18)19)22-14-20-8-21-26(12)14/h3-4,6-8H,1,5H2,2H3. The molecule has 0 unspecified atom stereocenters. The number of rotatable bonds is 5. The summed E-state index contributed by atoms with van der Waals surface area (Å²) in [6, 6.07) is 2.65. The van der Waals surface area contributed by atoms with E-state index in [1.807, 2.05) is 0 Å². The minimum absolute atomic E-state index is 0.155. The molecular weight excluding hydrogens is 395 g/mol. The summed E-state index contributed by atoms with van der Waals surface area (Å²) in [5, 5.41) is 12.8. The van der Waals surface area contributed by atoms with Crippen molar-refractivity contribution in [1.82, 2.24) is 34.3 Å². The summed E-state index contributed by atoms with van der Waals surface area (Å²) < 4.78 is 47.8. The number of fused-ring (bicyclic) bond motifs is 1. The average molecular weight is 407 g/mol. The Labute approximate surface area is 160 Å². The number of halogens is 3. The molecule has 8 nitrogen and oxygen atoms in total. The molecule has 0 aliphatic heterocycles. The molecule has 4 aromatic heterocycles. The number of alkyl halides is 3. The summed E-state index contributed by atoms with van der Waals surface area (Å²) in [6.07, 6.45) is -0.301. The Balaban J connectivity index is 1.82. The van der Waals surface area contributed by atoms with Gasteiger partial charge < -0.3 is 4.42 Å². The van der Waals surface area contributed by atoms with E-state index in [0.29, 0.717) is 23.3 Å². The van der Waals surface area contributed by atoms with Crippen molar-refractivity contribution in [3.63, 3.8) is 0 Å². The molecule has 0 amide bonds. The summed E-state index contributed by atoms with van der Waals surface area (Å²) >= 11 is 0.974. The van der Waals surface area contributed by atoms with E-state index in [0.717, 1.165) is 29.7 Å². The highest BCUT2D eigenvalue weighted by atomic mass is 32.2. The Hall–Kier alpha value is -3.15. The van der Waals surface area contributed by atoms with Gasteiger partial charge in [0.15, 0.2) is 16.7 Å². The van der Waals surface area contributed by atoms with Crippen molar-refractivity contribution in [3.05, 3.63) is 48.8 Å². The molecule has 4 heterocycles. The molecule has 0 bridgehead atoms. The number of aryl methyl sites for hydroxylation is 1. The molecule has 0 N–H and O–H groups in total. The zero-order valence-corrected chi connectivity index (χ0v) is 15.2. The van der Waals surface area contributed by atoms with Gasteiger partial charge in [0, 0.05) is 12.6 Å². The Kier molecular flexibility index (Phi) is 4.41. The predicted molar refractivity (Wildman–Crippen MR) is 92.6 cm³/mol. The lowest BCUT2D eigenvalue weighted by molar-refractivity contribution is -0.141. The van der Waals surface area contributed by atoms with Crippen LogP contribution in [0.1, 0.15) is 11.5 Å². The molecular formula is C16H12F3N7OS. The highest BCUT2D eigenvalue weighted by Crippen LogP contribution is 2.34. The van der Waals surface area contributed by atoms with Gasteiger partial charge in [-0.3, -0.25) is 4.57 Å². The molecule has 0 saturated carbocycles. The van der Waals surface area contributed by atoms with Gasteiger partial charge >= 0.3 is 6.18 Å². The van der Waals surface area contributed by atoms with E-state index in [1.54, 1.807) is 23.6 Å². The van der Waals surface area contributed by atoms with E-state index in [9.17, 15) is 13.2 Å². The van der Waals surface area contributed by atoms with Gasteiger partial charge in [-0.05, 0) is 24.8 Å². The van der Waals surface area contributed by atoms with Gasteiger partial charge in [0.05, 0.1) is 11.8 Å². The number of hydrogen-bond donors (Lipinski definition) is 0. The Bertz CT molecular complexity index is 1160. The fraction of sp³-hybridized carbons (Fsp3) is 0.188. The van der Waals surface area contributed by atoms with Crippen molar-refractivity contribution >= 4 is 17.5 Å². The molecule has 0 aromatic carbocycles. The smallest absolute Gasteiger partial charge is 0.433 e. The van der Waals surface area contributed by atoms with Crippen LogP contribution in [0.25, 0.3) is 17.2 Å². The minimum atomic E-state index is -4.61. The zero-order valence-electron chi connectivity index (χ0n) is 14.4. The second-order valence-electron chi connectivity index (χ2n) is 5.65. The molecule has 0 aliphatic carbocycles. The van der Waals surface area contributed by atoms with Crippen molar-refractivity contribution < 1.29 is 17.6 Å². The molecule has 0 spiro atoms. The van der Waals surface area contributed by atoms with Crippen molar-refractivity contribution in [1.29, 1.82) is 0 Å². The van der Waals surface area contributed by atoms with E-state index in [2.05, 4.69) is 31.8 Å². The fourth-order valence-corrected chi connectivity index (χ4v) is 3.50. The SMILES string of the molecule is C=CCn1c(Sc2cc(C(F)(F)F)nc3ncnn23)nnc1-c1ccoc1C. The van der Waals surface area contributed by atoms with Gasteiger partial charge in [-0.25, -0.2) is 4.98 Å². The van der Waals surface area contributed by atoms with Crippen LogP contribution in [0.2, 0.25) is 0 Å². The second kappa shape index (κ2) is 6.78. The number of furan rings is 1. The highest BCUT2D eigenvalue weighted by molar-refractivity contribution is 7.99. The summed E-state index contributed by atoms with van der Waals surface area (Å²) in [6.45, 7) is 5.86. The molecule has 0 fully saturated rings. The van der Waals surface area contributed by atoms with Crippen molar-refractivity contribution in [2.45, 2.75) is 29.8 Å². The Morgan fingerprint density at radius 1 is 1.32 bits per heavy atom. The van der Waals surface area contributed by atoms with Crippen molar-refractivity contribution in [2.24, 2.45) is 0 Å². The maximum atomic E-state index is 13.2. The van der Waals surface area contributed by atoms with E-state index < -0.39 is 11.9 Å². The van der Waals surface area contributed by atoms with Crippen LogP contribution in [0.4, 0.5) is 13.2 Å². The van der Waals surface area contributed by atoms with Crippen LogP contribution in [0.3, 0.4) is 0 Å². The third-order valence-electron chi connectivity index (χ3n) is 3.83. The third kappa shape index (κ3) is 3.15. The van der Waals surface area contributed by atoms with E-state index in [1.165, 1.54) is 10.8 Å². The predicted octanol–water partition coefficient (Wildman–Crippen LogP) is 3.64. The monoisotopic (exact) mass is 407 g/mol. The lowest BCUT2D eigenvalue weighted by Gasteiger charge is -2.10. The van der Waals surface area contributed by atoms with E-state index >= 15 is 0 Å². The van der Waals surface area contributed by atoms with Crippen LogP contribution in [0.5, 0.6) is 0 Å². The normalized spacial score (nSPS) is 12.0. The number of aromatic nitrogens is 7. The molecule has 0 radical (unpaired) electrons. The Morgan fingerprint density at radius 3 is 2.82 bits per heavy atom. The lowest BCUT2D eigenvalue weighted by Crippen LogP contribution is -2.11. The first-order valence-electron chi connectivity index (χ1n) is 7.93. The highest BCUT2D eigenvalue weighted by Gasteiger charge is 2.34. The number of hydrogen-bond acceptors (Lipinski definition) is 7. The third-order valence-corrected chi connectivity index (χ3v) is 4.82. The molecule has 144 valence electrons. The molecule has 0 atom stereocenters. The molecule has 12 heteroatoms. The quantitative estimate of drug-likeness (QED) is 0.369. The van der Waals surface area contributed by atoms with Crippen LogP contribution in [0.15, 0.2) is 52.0 Å². The van der Waals surface area contributed by atoms with E-state index in [4.69, 9.17) is 4.42 Å². The van der Waals surface area contributed by atoms with Crippen molar-refractivity contribution in [2.75, 3.05) is 0 Å². The van der Waals surface area contributed by atoms with Gasteiger partial charge in [-0.2, -0.15) is 27.8 Å². The van der Waals surface area contributed by atoms with Crippen LogP contribution < -0.4 is 0 Å². The Morgan fingerprint density at radius 2 is 2.14 bits per heavy atom. The summed E-state index contributed by atoms with van der Waals surface area (Å²) in [5.41, 5.74) is -0.325. The second-order valence-corrected chi connectivity index (χ2v) is 6.63. The zero-order chi connectivity index (χ0) is 19.9. The van der Waals surface area contributed by atoms with Gasteiger partial charge in [0.2, 0.25) is 0 Å². The minimum Gasteiger partial charge on any atom is -0.469 e. The topological polar surface area (TPSA) is 86.9 Å². The van der Waals surface area contributed by atoms with Crippen molar-refractivity contribution in [3.8, 4) is 11.4 Å². The number of nitrogens with zero attached hydrogens (tertiary/aromatic N) is 7. The fourth-order valence-electron chi connectivity index (χ4n) is 2.57. The summed E-state index contributed by atoms with van der Waals surface area (Å²) in [5.74, 6) is 1.02. The van der Waals surface area contributed by atoms with Gasteiger partial charge in [-0.1, -0.05) is 6.08 Å². The van der Waals surface area contributed by atoms with E-state index in [-0.39, 0.29) is 10.8 Å². The molecule has 4 rings (SSSR count). The maximum Gasteiger partial charge on any atom is 0.433 e. The average Bonchev–Trinajstić information content (AvgIpc) is 3.35. The van der Waals surface area contributed by atoms with Crippen LogP contribution in [-0.4, -0.2) is 34.3 Å². The van der Waals surface area contributed by atoms with Gasteiger partial charge in [0.1, 0.15) is 17.1 Å². The first-order chi connectivity index (χ1) is 13.4. The number of allylic oxidation sites excluding steroid dienone is 1. The van der Waals surface area contributed by atoms with Gasteiger partial charge in [-0.15, -0.1) is 16.8 Å². The first-order valence-corrected chi connectivity index (χ1v) is 8.74. The molecule has 0 saturated heterocycles. The van der Waals surface area contributed by atoms with Crippen LogP contribution in [-0.2, 0) is 12.7 Å². The largest absolute Gasteiger partial charge is 0.469 e. The summed E-state index contributed by atoms with van der Waals surface area (Å²) in [7, 11) is 0. The molecule has 28 heavy (non-hydrogen) atoms. The lowest BCUT2D eigenvalue weighted by atomic mass is 10.2. The van der Waals surface area contributed by atoms with Crippen LogP contribution >= 0.6 is 11.8 Å². The summed E-state index contributed by atoms with van der Waals surface area (Å²) in [4.78, 5) is 7.27. The van der Waals surface area contributed by atoms with Gasteiger partial charge in [0.25, 0.3) is 5.78 Å². The first kappa shape index (κ1) is 18.2. The molecule has 4 aromatic rings. The molecule has 0 aliphatic rings. The maximum absolute atomic E-state index is 13.2.